The maximum atomic E-state index is 13.9. The number of aromatic nitrogens is 2. The van der Waals surface area contributed by atoms with Gasteiger partial charge in [-0.15, -0.1) is 0 Å². The number of carbonyl (C=O) groups excluding carboxylic acids is 1. The van der Waals surface area contributed by atoms with Crippen LogP contribution in [0.5, 0.6) is 5.75 Å². The van der Waals surface area contributed by atoms with E-state index in [1.165, 1.54) is 27.3 Å². The van der Waals surface area contributed by atoms with Crippen molar-refractivity contribution in [2.45, 2.75) is 39.4 Å². The van der Waals surface area contributed by atoms with Crippen LogP contribution < -0.4 is 11.1 Å². The topological polar surface area (TPSA) is 84.5 Å². The Morgan fingerprint density at radius 2 is 1.77 bits per heavy atom. The lowest BCUT2D eigenvalue weighted by Gasteiger charge is -2.39. The number of phenolic OH excluding ortho intramolecular Hbond substituents is 1. The number of fused-ring (bicyclic) bond motifs is 1. The van der Waals surface area contributed by atoms with Gasteiger partial charge in [0.1, 0.15) is 5.75 Å². The summed E-state index contributed by atoms with van der Waals surface area (Å²) in [6, 6.07) is 10.9. The van der Waals surface area contributed by atoms with Crippen LogP contribution >= 0.6 is 11.6 Å². The van der Waals surface area contributed by atoms with E-state index in [4.69, 9.17) is 11.6 Å². The quantitative estimate of drug-likeness (QED) is 0.206. The standard InChI is InChI=1S/C32H29ClF3N3O4/c1-5-28(41)37-14-19(15-37)16-38-25-13-24(33)22(23-11-20(32(34,35)36)9-10-27(23)40)12-26(25)39(31(43)30(38)42)29-18(4)7-6-8-21(29)17(2)3/h5-13,17,19,40H,1,14-16H2,2-4H3. The van der Waals surface area contributed by atoms with Crippen molar-refractivity contribution in [2.75, 3.05) is 13.1 Å². The molecule has 4 aromatic rings. The van der Waals surface area contributed by atoms with Crippen molar-refractivity contribution in [2.24, 2.45) is 5.92 Å². The Morgan fingerprint density at radius 3 is 2.40 bits per heavy atom. The molecule has 11 heteroatoms. The van der Waals surface area contributed by atoms with Crippen LogP contribution in [0.2, 0.25) is 5.02 Å². The van der Waals surface area contributed by atoms with Crippen molar-refractivity contribution in [3.8, 4) is 22.6 Å². The molecule has 224 valence electrons. The molecule has 0 aliphatic carbocycles. The smallest absolute Gasteiger partial charge is 0.416 e. The van der Waals surface area contributed by atoms with Crippen LogP contribution in [0.25, 0.3) is 27.8 Å². The lowest BCUT2D eigenvalue weighted by Crippen LogP contribution is -2.52. The van der Waals surface area contributed by atoms with Crippen molar-refractivity contribution in [1.82, 2.24) is 14.0 Å². The number of para-hydroxylation sites is 1. The molecule has 0 saturated carbocycles. The Labute approximate surface area is 250 Å². The second-order valence-electron chi connectivity index (χ2n) is 11.1. The van der Waals surface area contributed by atoms with E-state index in [1.807, 2.05) is 26.0 Å². The fourth-order valence-electron chi connectivity index (χ4n) is 5.62. The summed E-state index contributed by atoms with van der Waals surface area (Å²) in [4.78, 5) is 41.2. The minimum absolute atomic E-state index is 0.0218. The summed E-state index contributed by atoms with van der Waals surface area (Å²) in [5.41, 5.74) is -0.237. The predicted molar refractivity (Wildman–Crippen MR) is 160 cm³/mol. The number of hydrogen-bond donors (Lipinski definition) is 1. The molecule has 0 unspecified atom stereocenters. The van der Waals surface area contributed by atoms with Crippen LogP contribution in [0.15, 0.2) is 70.8 Å². The highest BCUT2D eigenvalue weighted by molar-refractivity contribution is 6.34. The number of likely N-dealkylation sites (tertiary alicyclic amines) is 1. The molecule has 43 heavy (non-hydrogen) atoms. The molecule has 1 N–H and O–H groups in total. The Bertz CT molecular complexity index is 1900. The molecule has 7 nitrogen and oxygen atoms in total. The SMILES string of the molecule is C=CC(=O)N1CC(Cn2c(=O)c(=O)n(-c3c(C)cccc3C(C)C)c3cc(-c4cc(C(F)(F)F)ccc4O)c(Cl)cc32)C1. The predicted octanol–water partition coefficient (Wildman–Crippen LogP) is 6.27. The van der Waals surface area contributed by atoms with Crippen LogP contribution in [0.1, 0.15) is 36.5 Å². The number of benzene rings is 3. The number of alkyl halides is 3. The molecule has 0 radical (unpaired) electrons. The lowest BCUT2D eigenvalue weighted by molar-refractivity contribution is -0.137. The van der Waals surface area contributed by atoms with E-state index < -0.39 is 28.6 Å². The number of aromatic hydroxyl groups is 1. The summed E-state index contributed by atoms with van der Waals surface area (Å²) in [5.74, 6) is -0.840. The van der Waals surface area contributed by atoms with Crippen LogP contribution in [0.3, 0.4) is 0 Å². The molecule has 3 aromatic carbocycles. The van der Waals surface area contributed by atoms with E-state index in [0.29, 0.717) is 24.3 Å². The number of phenols is 1. The maximum absolute atomic E-state index is 13.9. The van der Waals surface area contributed by atoms with Gasteiger partial charge in [0.2, 0.25) is 5.91 Å². The van der Waals surface area contributed by atoms with Gasteiger partial charge in [0.05, 0.1) is 27.3 Å². The minimum Gasteiger partial charge on any atom is -0.507 e. The average Bonchev–Trinajstić information content (AvgIpc) is 2.92. The van der Waals surface area contributed by atoms with Crippen LogP contribution in [0, 0.1) is 12.8 Å². The lowest BCUT2D eigenvalue weighted by atomic mass is 9.96. The molecule has 0 spiro atoms. The van der Waals surface area contributed by atoms with Gasteiger partial charge in [0, 0.05) is 36.7 Å². The van der Waals surface area contributed by atoms with Gasteiger partial charge in [-0.3, -0.25) is 19.0 Å². The summed E-state index contributed by atoms with van der Waals surface area (Å²) >= 11 is 6.66. The van der Waals surface area contributed by atoms with Crippen molar-refractivity contribution in [3.05, 3.63) is 104 Å². The molecule has 5 rings (SSSR count). The Morgan fingerprint density at radius 1 is 1.07 bits per heavy atom. The highest BCUT2D eigenvalue weighted by Gasteiger charge is 2.33. The third-order valence-corrected chi connectivity index (χ3v) is 8.15. The number of rotatable bonds is 6. The number of amides is 1. The van der Waals surface area contributed by atoms with Gasteiger partial charge in [-0.05, 0) is 60.4 Å². The number of carbonyl (C=O) groups is 1. The van der Waals surface area contributed by atoms with Gasteiger partial charge in [-0.2, -0.15) is 13.2 Å². The van der Waals surface area contributed by atoms with Crippen molar-refractivity contribution < 1.29 is 23.1 Å². The molecular weight excluding hydrogens is 583 g/mol. The second-order valence-corrected chi connectivity index (χ2v) is 11.5. The van der Waals surface area contributed by atoms with E-state index in [9.17, 15) is 32.7 Å². The van der Waals surface area contributed by atoms with Gasteiger partial charge in [0.25, 0.3) is 0 Å². The normalized spacial score (nSPS) is 13.9. The third kappa shape index (κ3) is 5.35. The fraction of sp³-hybridized carbons (Fsp3) is 0.281. The molecule has 1 aromatic heterocycles. The summed E-state index contributed by atoms with van der Waals surface area (Å²) in [6.45, 7) is 10.0. The molecule has 2 heterocycles. The first-order chi connectivity index (χ1) is 20.2. The number of halogens is 4. The second kappa shape index (κ2) is 11.1. The zero-order valence-electron chi connectivity index (χ0n) is 23.7. The largest absolute Gasteiger partial charge is 0.507 e. The first-order valence-corrected chi connectivity index (χ1v) is 14.0. The fourth-order valence-corrected chi connectivity index (χ4v) is 5.88. The van der Waals surface area contributed by atoms with E-state index >= 15 is 0 Å². The van der Waals surface area contributed by atoms with Crippen molar-refractivity contribution in [3.63, 3.8) is 0 Å². The maximum Gasteiger partial charge on any atom is 0.416 e. The van der Waals surface area contributed by atoms with Gasteiger partial charge < -0.3 is 14.6 Å². The van der Waals surface area contributed by atoms with E-state index in [1.54, 1.807) is 17.9 Å². The first kappa shape index (κ1) is 30.2. The molecule has 1 aliphatic heterocycles. The Balaban J connectivity index is 1.82. The average molecular weight is 612 g/mol. The van der Waals surface area contributed by atoms with Crippen LogP contribution in [-0.4, -0.2) is 38.1 Å². The minimum atomic E-state index is -4.68. The van der Waals surface area contributed by atoms with E-state index in [-0.39, 0.29) is 51.5 Å². The molecule has 1 saturated heterocycles. The van der Waals surface area contributed by atoms with Gasteiger partial charge in [-0.1, -0.05) is 50.2 Å². The summed E-state index contributed by atoms with van der Waals surface area (Å²) in [5, 5.41) is 10.6. The first-order valence-electron chi connectivity index (χ1n) is 13.6. The Kier molecular flexibility index (Phi) is 7.77. The summed E-state index contributed by atoms with van der Waals surface area (Å²) in [7, 11) is 0. The molecule has 1 fully saturated rings. The highest BCUT2D eigenvalue weighted by Crippen LogP contribution is 2.41. The van der Waals surface area contributed by atoms with Gasteiger partial charge in [0.15, 0.2) is 0 Å². The monoisotopic (exact) mass is 611 g/mol. The molecular formula is C32H29ClF3N3O4. The highest BCUT2D eigenvalue weighted by atomic mass is 35.5. The zero-order chi connectivity index (χ0) is 31.4. The zero-order valence-corrected chi connectivity index (χ0v) is 24.5. The summed E-state index contributed by atoms with van der Waals surface area (Å²) < 4.78 is 43.4. The van der Waals surface area contributed by atoms with Crippen LogP contribution in [0.4, 0.5) is 13.2 Å². The molecule has 1 amide bonds. The number of hydrogen-bond acceptors (Lipinski definition) is 4. The number of nitrogens with zero attached hydrogens (tertiary/aromatic N) is 3. The number of aryl methyl sites for hydroxylation is 1. The van der Waals surface area contributed by atoms with Gasteiger partial charge in [-0.25, -0.2) is 0 Å². The third-order valence-electron chi connectivity index (χ3n) is 7.84. The van der Waals surface area contributed by atoms with Crippen LogP contribution in [-0.2, 0) is 17.5 Å². The van der Waals surface area contributed by atoms with E-state index in [0.717, 1.165) is 23.8 Å². The Hall–Kier alpha value is -4.31. The molecule has 0 bridgehead atoms. The van der Waals surface area contributed by atoms with E-state index in [2.05, 4.69) is 6.58 Å². The summed E-state index contributed by atoms with van der Waals surface area (Å²) in [6.07, 6.45) is -3.47. The van der Waals surface area contributed by atoms with Crippen molar-refractivity contribution in [1.29, 1.82) is 0 Å². The molecule has 0 atom stereocenters. The molecule has 1 aliphatic rings. The van der Waals surface area contributed by atoms with Gasteiger partial charge >= 0.3 is 17.3 Å². The van der Waals surface area contributed by atoms with Crippen molar-refractivity contribution >= 4 is 28.5 Å².